The molecule has 1 heterocycles. The van der Waals surface area contributed by atoms with Gasteiger partial charge in [-0.2, -0.15) is 0 Å². The van der Waals surface area contributed by atoms with E-state index < -0.39 is 0 Å². The predicted molar refractivity (Wildman–Crippen MR) is 61.2 cm³/mol. The van der Waals surface area contributed by atoms with Crippen LogP contribution in [0.3, 0.4) is 0 Å². The first-order valence-corrected chi connectivity index (χ1v) is 5.87. The lowest BCUT2D eigenvalue weighted by molar-refractivity contribution is 0.268. The van der Waals surface area contributed by atoms with Gasteiger partial charge in [0, 0.05) is 0 Å². The molecule has 0 saturated carbocycles. The maximum absolute atomic E-state index is 5.35. The van der Waals surface area contributed by atoms with Gasteiger partial charge in [-0.25, -0.2) is 0 Å². The van der Waals surface area contributed by atoms with Crippen molar-refractivity contribution in [3.63, 3.8) is 0 Å². The Morgan fingerprint density at radius 2 is 1.86 bits per heavy atom. The summed E-state index contributed by atoms with van der Waals surface area (Å²) in [5, 5.41) is 0. The van der Waals surface area contributed by atoms with Crippen LogP contribution >= 0.6 is 0 Å². The molecule has 0 saturated heterocycles. The summed E-state index contributed by atoms with van der Waals surface area (Å²) in [4.78, 5) is 0. The first-order chi connectivity index (χ1) is 6.88. The first-order valence-electron chi connectivity index (χ1n) is 5.87. The van der Waals surface area contributed by atoms with Crippen molar-refractivity contribution in [3.8, 4) is 0 Å². The number of unbranched alkanes of at least 4 members (excludes halogenated alkanes) is 2. The highest BCUT2D eigenvalue weighted by Crippen LogP contribution is 2.22. The van der Waals surface area contributed by atoms with E-state index in [0.717, 1.165) is 6.61 Å². The van der Waals surface area contributed by atoms with Crippen molar-refractivity contribution in [2.24, 2.45) is 0 Å². The van der Waals surface area contributed by atoms with Gasteiger partial charge in [-0.3, -0.25) is 0 Å². The Labute approximate surface area is 87.8 Å². The third-order valence-corrected chi connectivity index (χ3v) is 2.71. The second-order valence-corrected chi connectivity index (χ2v) is 3.95. The molecule has 0 aliphatic carbocycles. The third kappa shape index (κ3) is 3.57. The van der Waals surface area contributed by atoms with Gasteiger partial charge in [-0.05, 0) is 42.9 Å². The minimum absolute atomic E-state index is 0.829. The second kappa shape index (κ2) is 6.69. The van der Waals surface area contributed by atoms with Crippen LogP contribution in [-0.4, -0.2) is 6.61 Å². The van der Waals surface area contributed by atoms with Crippen molar-refractivity contribution in [1.82, 2.24) is 0 Å². The Hall–Kier alpha value is -0.720. The summed E-state index contributed by atoms with van der Waals surface area (Å²) in [7, 11) is 0. The molecule has 0 bridgehead atoms. The molecule has 1 rings (SSSR count). The van der Waals surface area contributed by atoms with E-state index in [-0.39, 0.29) is 0 Å². The van der Waals surface area contributed by atoms with Crippen molar-refractivity contribution >= 4 is 0 Å². The molecule has 0 radical (unpaired) electrons. The van der Waals surface area contributed by atoms with Crippen molar-refractivity contribution in [2.45, 2.75) is 52.4 Å². The van der Waals surface area contributed by atoms with Crippen molar-refractivity contribution < 1.29 is 4.74 Å². The Morgan fingerprint density at radius 3 is 2.57 bits per heavy atom. The molecule has 0 unspecified atom stereocenters. The normalized spacial score (nSPS) is 15.9. The molecule has 1 aliphatic heterocycles. The largest absolute Gasteiger partial charge is 0.497 e. The second-order valence-electron chi connectivity index (χ2n) is 3.95. The summed E-state index contributed by atoms with van der Waals surface area (Å²) in [6.45, 7) is 5.32. The van der Waals surface area contributed by atoms with E-state index >= 15 is 0 Å². The molecule has 0 spiro atoms. The highest BCUT2D eigenvalue weighted by atomic mass is 16.5. The van der Waals surface area contributed by atoms with Gasteiger partial charge in [0.05, 0.1) is 6.26 Å². The van der Waals surface area contributed by atoms with Gasteiger partial charge < -0.3 is 4.74 Å². The van der Waals surface area contributed by atoms with Crippen LogP contribution in [0.15, 0.2) is 23.5 Å². The van der Waals surface area contributed by atoms with E-state index in [4.69, 9.17) is 4.74 Å². The number of hydrogen-bond donors (Lipinski definition) is 0. The van der Waals surface area contributed by atoms with E-state index in [0.29, 0.717) is 0 Å². The third-order valence-electron chi connectivity index (χ3n) is 2.71. The SMILES string of the molecule is CCCCC1=C(CCCC)COC=C1. The molecule has 14 heavy (non-hydrogen) atoms. The Balaban J connectivity index is 2.51. The molecule has 1 heteroatoms. The molecule has 0 fully saturated rings. The lowest BCUT2D eigenvalue weighted by atomic mass is 9.97. The Kier molecular flexibility index (Phi) is 5.43. The molecule has 80 valence electrons. The minimum atomic E-state index is 0.829. The van der Waals surface area contributed by atoms with Crippen LogP contribution in [0.25, 0.3) is 0 Å². The van der Waals surface area contributed by atoms with Crippen LogP contribution in [0.4, 0.5) is 0 Å². The van der Waals surface area contributed by atoms with Crippen molar-refractivity contribution in [3.05, 3.63) is 23.5 Å². The molecular formula is C13H22O. The van der Waals surface area contributed by atoms with Gasteiger partial charge in [-0.15, -0.1) is 0 Å². The minimum Gasteiger partial charge on any atom is -0.497 e. The van der Waals surface area contributed by atoms with Gasteiger partial charge in [0.15, 0.2) is 0 Å². The fourth-order valence-corrected chi connectivity index (χ4v) is 1.74. The molecular weight excluding hydrogens is 172 g/mol. The topological polar surface area (TPSA) is 9.23 Å². The molecule has 1 nitrogen and oxygen atoms in total. The fourth-order valence-electron chi connectivity index (χ4n) is 1.74. The molecule has 0 amide bonds. The molecule has 0 aromatic carbocycles. The molecule has 0 aromatic heterocycles. The van der Waals surface area contributed by atoms with Crippen LogP contribution in [-0.2, 0) is 4.74 Å². The van der Waals surface area contributed by atoms with E-state index in [2.05, 4.69) is 19.9 Å². The first kappa shape index (κ1) is 11.4. The molecule has 0 aromatic rings. The smallest absolute Gasteiger partial charge is 0.109 e. The van der Waals surface area contributed by atoms with Gasteiger partial charge in [0.25, 0.3) is 0 Å². The Bertz CT molecular complexity index is 213. The monoisotopic (exact) mass is 194 g/mol. The standard InChI is InChI=1S/C13H22O/c1-3-5-7-12-9-10-14-11-13(12)8-6-4-2/h9-10H,3-8,11H2,1-2H3. The highest BCUT2D eigenvalue weighted by Gasteiger charge is 2.07. The van der Waals surface area contributed by atoms with Crippen molar-refractivity contribution in [2.75, 3.05) is 6.61 Å². The molecule has 1 aliphatic rings. The molecule has 0 atom stereocenters. The van der Waals surface area contributed by atoms with Gasteiger partial charge in [-0.1, -0.05) is 26.7 Å². The summed E-state index contributed by atoms with van der Waals surface area (Å²) in [6.07, 6.45) is 11.6. The maximum Gasteiger partial charge on any atom is 0.109 e. The zero-order chi connectivity index (χ0) is 10.2. The Morgan fingerprint density at radius 1 is 1.14 bits per heavy atom. The lowest BCUT2D eigenvalue weighted by Crippen LogP contribution is -2.03. The van der Waals surface area contributed by atoms with E-state index in [1.807, 2.05) is 6.26 Å². The quantitative estimate of drug-likeness (QED) is 0.615. The van der Waals surface area contributed by atoms with Gasteiger partial charge in [0.1, 0.15) is 6.61 Å². The fraction of sp³-hybridized carbons (Fsp3) is 0.692. The zero-order valence-corrected chi connectivity index (χ0v) is 9.51. The highest BCUT2D eigenvalue weighted by molar-refractivity contribution is 5.27. The van der Waals surface area contributed by atoms with Crippen LogP contribution < -0.4 is 0 Å². The summed E-state index contributed by atoms with van der Waals surface area (Å²) in [5.41, 5.74) is 3.06. The maximum atomic E-state index is 5.35. The zero-order valence-electron chi connectivity index (χ0n) is 9.51. The van der Waals surface area contributed by atoms with Gasteiger partial charge in [0.2, 0.25) is 0 Å². The average molecular weight is 194 g/mol. The van der Waals surface area contributed by atoms with Crippen LogP contribution in [0, 0.1) is 0 Å². The van der Waals surface area contributed by atoms with Crippen LogP contribution in [0.2, 0.25) is 0 Å². The number of allylic oxidation sites excluding steroid dienone is 2. The number of hydrogen-bond acceptors (Lipinski definition) is 1. The summed E-state index contributed by atoms with van der Waals surface area (Å²) >= 11 is 0. The molecule has 0 N–H and O–H groups in total. The van der Waals surface area contributed by atoms with Crippen LogP contribution in [0.5, 0.6) is 0 Å². The number of rotatable bonds is 6. The summed E-state index contributed by atoms with van der Waals surface area (Å²) < 4.78 is 5.35. The van der Waals surface area contributed by atoms with E-state index in [9.17, 15) is 0 Å². The number of ether oxygens (including phenoxy) is 1. The van der Waals surface area contributed by atoms with E-state index in [1.54, 1.807) is 0 Å². The summed E-state index contributed by atoms with van der Waals surface area (Å²) in [6, 6.07) is 0. The van der Waals surface area contributed by atoms with Crippen LogP contribution in [0.1, 0.15) is 52.4 Å². The average Bonchev–Trinajstić information content (AvgIpc) is 2.24. The summed E-state index contributed by atoms with van der Waals surface area (Å²) in [5.74, 6) is 0. The van der Waals surface area contributed by atoms with Crippen molar-refractivity contribution in [1.29, 1.82) is 0 Å². The lowest BCUT2D eigenvalue weighted by Gasteiger charge is -2.16. The van der Waals surface area contributed by atoms with E-state index in [1.165, 1.54) is 49.7 Å². The van der Waals surface area contributed by atoms with Gasteiger partial charge >= 0.3 is 0 Å². The predicted octanol–water partition coefficient (Wildman–Crippen LogP) is 4.21.